The fourth-order valence-electron chi connectivity index (χ4n) is 3.10. The normalized spacial score (nSPS) is 15.4. The van der Waals surface area contributed by atoms with Crippen LogP contribution in [0.5, 0.6) is 0 Å². The summed E-state index contributed by atoms with van der Waals surface area (Å²) < 4.78 is 0. The van der Waals surface area contributed by atoms with Crippen molar-refractivity contribution in [3.63, 3.8) is 0 Å². The van der Waals surface area contributed by atoms with E-state index in [0.717, 1.165) is 38.3 Å². The molecule has 0 radical (unpaired) electrons. The van der Waals surface area contributed by atoms with Crippen LogP contribution in [-0.2, 0) is 11.3 Å². The quantitative estimate of drug-likeness (QED) is 0.567. The lowest BCUT2D eigenvalue weighted by Crippen LogP contribution is -2.48. The summed E-state index contributed by atoms with van der Waals surface area (Å²) in [5, 5.41) is 14.8. The maximum atomic E-state index is 12.2. The van der Waals surface area contributed by atoms with Crippen molar-refractivity contribution in [1.82, 2.24) is 9.80 Å². The van der Waals surface area contributed by atoms with Gasteiger partial charge in [-0.15, -0.1) is 0 Å². The molecule has 7 nitrogen and oxygen atoms in total. The Morgan fingerprint density at radius 2 is 1.79 bits per heavy atom. The highest BCUT2D eigenvalue weighted by atomic mass is 35.5. The molecule has 1 N–H and O–H groups in total. The lowest BCUT2D eigenvalue weighted by atomic mass is 10.2. The first-order valence-electron chi connectivity index (χ1n) is 8.83. The summed E-state index contributed by atoms with van der Waals surface area (Å²) in [7, 11) is 0. The Morgan fingerprint density at radius 3 is 2.46 bits per heavy atom. The molecule has 148 valence electrons. The van der Waals surface area contributed by atoms with Crippen molar-refractivity contribution in [2.75, 3.05) is 38.0 Å². The van der Waals surface area contributed by atoms with Crippen LogP contribution in [0.15, 0.2) is 42.5 Å². The summed E-state index contributed by atoms with van der Waals surface area (Å²) in [4.78, 5) is 26.9. The van der Waals surface area contributed by atoms with Crippen molar-refractivity contribution in [3.8, 4) is 0 Å². The van der Waals surface area contributed by atoms with Gasteiger partial charge in [0.1, 0.15) is 0 Å². The van der Waals surface area contributed by atoms with E-state index in [0.29, 0.717) is 15.7 Å². The number of nitro benzene ring substituents is 1. The number of hydrogen-bond donors (Lipinski definition) is 1. The van der Waals surface area contributed by atoms with Crippen molar-refractivity contribution in [2.45, 2.75) is 6.54 Å². The predicted octanol–water partition coefficient (Wildman–Crippen LogP) is 3.66. The van der Waals surface area contributed by atoms with Crippen molar-refractivity contribution < 1.29 is 9.72 Å². The van der Waals surface area contributed by atoms with Crippen LogP contribution in [-0.4, -0.2) is 53.4 Å². The van der Waals surface area contributed by atoms with Gasteiger partial charge in [-0.05, 0) is 23.8 Å². The molecule has 2 aromatic rings. The van der Waals surface area contributed by atoms with Crippen molar-refractivity contribution in [3.05, 3.63) is 68.2 Å². The molecule has 0 spiro atoms. The van der Waals surface area contributed by atoms with E-state index in [9.17, 15) is 14.9 Å². The summed E-state index contributed by atoms with van der Waals surface area (Å²) in [6.45, 7) is 4.15. The van der Waals surface area contributed by atoms with E-state index < -0.39 is 4.92 Å². The van der Waals surface area contributed by atoms with Gasteiger partial charge in [0.05, 0.1) is 11.5 Å². The molecule has 0 aliphatic carbocycles. The number of amides is 1. The number of carbonyl (C=O) groups is 1. The standard InChI is InChI=1S/C19H20Cl2N4O3/c20-15-5-4-14(18(21)10-15)12-23-6-8-24(9-7-23)13-19(26)22-16-2-1-3-17(11-16)25(27)28/h1-5,10-11H,6-9,12-13H2,(H,22,26). The Kier molecular flexibility index (Phi) is 6.85. The average molecular weight is 423 g/mol. The molecule has 3 rings (SSSR count). The first-order valence-corrected chi connectivity index (χ1v) is 9.59. The molecule has 1 amide bonds. The van der Waals surface area contributed by atoms with E-state index >= 15 is 0 Å². The molecule has 0 unspecified atom stereocenters. The molecule has 0 saturated carbocycles. The van der Waals surface area contributed by atoms with Crippen LogP contribution in [0, 0.1) is 10.1 Å². The first-order chi connectivity index (χ1) is 13.4. The molecule has 1 heterocycles. The van der Waals surface area contributed by atoms with E-state index in [1.807, 2.05) is 12.1 Å². The second kappa shape index (κ2) is 9.34. The van der Waals surface area contributed by atoms with Gasteiger partial charge in [-0.25, -0.2) is 0 Å². The summed E-state index contributed by atoms with van der Waals surface area (Å²) in [6, 6.07) is 11.4. The van der Waals surface area contributed by atoms with Gasteiger partial charge < -0.3 is 5.32 Å². The minimum absolute atomic E-state index is 0.0488. The Balaban J connectivity index is 1.46. The number of benzene rings is 2. The molecule has 28 heavy (non-hydrogen) atoms. The Morgan fingerprint density at radius 1 is 1.07 bits per heavy atom. The summed E-state index contributed by atoms with van der Waals surface area (Å²) in [5.74, 6) is -0.185. The third-order valence-electron chi connectivity index (χ3n) is 4.58. The number of hydrogen-bond acceptors (Lipinski definition) is 5. The van der Waals surface area contributed by atoms with Gasteiger partial charge in [0.25, 0.3) is 5.69 Å². The van der Waals surface area contributed by atoms with Crippen LogP contribution in [0.1, 0.15) is 5.56 Å². The van der Waals surface area contributed by atoms with E-state index in [2.05, 4.69) is 15.1 Å². The van der Waals surface area contributed by atoms with Crippen molar-refractivity contribution in [2.24, 2.45) is 0 Å². The van der Waals surface area contributed by atoms with E-state index in [1.165, 1.54) is 12.1 Å². The van der Waals surface area contributed by atoms with Crippen LogP contribution in [0.2, 0.25) is 10.0 Å². The topological polar surface area (TPSA) is 78.7 Å². The molecule has 1 fully saturated rings. The number of piperazine rings is 1. The van der Waals surface area contributed by atoms with Crippen molar-refractivity contribution in [1.29, 1.82) is 0 Å². The predicted molar refractivity (Wildman–Crippen MR) is 110 cm³/mol. The number of anilines is 1. The summed E-state index contributed by atoms with van der Waals surface area (Å²) in [5.41, 5.74) is 1.41. The Bertz CT molecular complexity index is 870. The zero-order valence-electron chi connectivity index (χ0n) is 15.1. The maximum absolute atomic E-state index is 12.2. The molecule has 2 aromatic carbocycles. The maximum Gasteiger partial charge on any atom is 0.271 e. The monoisotopic (exact) mass is 422 g/mol. The number of nitrogens with zero attached hydrogens (tertiary/aromatic N) is 3. The minimum atomic E-state index is -0.484. The molecular formula is C19H20Cl2N4O3. The first kappa shape index (κ1) is 20.5. The molecule has 1 saturated heterocycles. The van der Waals surface area contributed by atoms with Gasteiger partial charge in [0, 0.05) is 60.6 Å². The van der Waals surface area contributed by atoms with Gasteiger partial charge >= 0.3 is 0 Å². The third kappa shape index (κ3) is 5.65. The van der Waals surface area contributed by atoms with E-state index in [-0.39, 0.29) is 18.1 Å². The highest BCUT2D eigenvalue weighted by Crippen LogP contribution is 2.23. The highest BCUT2D eigenvalue weighted by molar-refractivity contribution is 6.35. The summed E-state index contributed by atoms with van der Waals surface area (Å²) >= 11 is 12.2. The van der Waals surface area contributed by atoms with Gasteiger partial charge in [-0.1, -0.05) is 35.3 Å². The number of nitrogens with one attached hydrogen (secondary N) is 1. The lowest BCUT2D eigenvalue weighted by Gasteiger charge is -2.34. The SMILES string of the molecule is O=C(CN1CCN(Cc2ccc(Cl)cc2Cl)CC1)Nc1cccc([N+](=O)[O-])c1. The van der Waals surface area contributed by atoms with E-state index in [4.69, 9.17) is 23.2 Å². The zero-order valence-corrected chi connectivity index (χ0v) is 16.6. The molecule has 0 atom stereocenters. The average Bonchev–Trinajstić information content (AvgIpc) is 2.65. The third-order valence-corrected chi connectivity index (χ3v) is 5.17. The van der Waals surface area contributed by atoms with Crippen LogP contribution in [0.4, 0.5) is 11.4 Å². The van der Waals surface area contributed by atoms with Crippen LogP contribution in [0.3, 0.4) is 0 Å². The van der Waals surface area contributed by atoms with Crippen LogP contribution < -0.4 is 5.32 Å². The van der Waals surface area contributed by atoms with Crippen LogP contribution >= 0.6 is 23.2 Å². The molecule has 0 aromatic heterocycles. The Labute approximate surface area is 173 Å². The molecular weight excluding hydrogens is 403 g/mol. The molecule has 0 bridgehead atoms. The molecule has 9 heteroatoms. The fourth-order valence-corrected chi connectivity index (χ4v) is 3.57. The summed E-state index contributed by atoms with van der Waals surface area (Å²) in [6.07, 6.45) is 0. The van der Waals surface area contributed by atoms with Crippen LogP contribution in [0.25, 0.3) is 0 Å². The number of nitro groups is 1. The van der Waals surface area contributed by atoms with E-state index in [1.54, 1.807) is 18.2 Å². The largest absolute Gasteiger partial charge is 0.325 e. The Hall–Kier alpha value is -2.19. The minimum Gasteiger partial charge on any atom is -0.325 e. The second-order valence-electron chi connectivity index (χ2n) is 6.64. The molecule has 1 aliphatic rings. The number of carbonyl (C=O) groups excluding carboxylic acids is 1. The molecule has 1 aliphatic heterocycles. The lowest BCUT2D eigenvalue weighted by molar-refractivity contribution is -0.384. The van der Waals surface area contributed by atoms with Gasteiger partial charge in [-0.2, -0.15) is 0 Å². The van der Waals surface area contributed by atoms with Gasteiger partial charge in [-0.3, -0.25) is 24.7 Å². The smallest absolute Gasteiger partial charge is 0.271 e. The second-order valence-corrected chi connectivity index (χ2v) is 7.49. The zero-order chi connectivity index (χ0) is 20.1. The van der Waals surface area contributed by atoms with Gasteiger partial charge in [0.2, 0.25) is 5.91 Å². The van der Waals surface area contributed by atoms with Crippen molar-refractivity contribution >= 4 is 40.5 Å². The number of non-ortho nitro benzene ring substituents is 1. The van der Waals surface area contributed by atoms with Gasteiger partial charge in [0.15, 0.2) is 0 Å². The number of halogens is 2. The number of rotatable bonds is 6. The fraction of sp³-hybridized carbons (Fsp3) is 0.316. The highest BCUT2D eigenvalue weighted by Gasteiger charge is 2.20.